The number of aryl methyl sites for hydroxylation is 4. The summed E-state index contributed by atoms with van der Waals surface area (Å²) < 4.78 is 30.5. The van der Waals surface area contributed by atoms with Crippen LogP contribution in [-0.4, -0.2) is 32.1 Å². The second-order valence-electron chi connectivity index (χ2n) is 12.9. The highest BCUT2D eigenvalue weighted by Gasteiger charge is 2.19. The van der Waals surface area contributed by atoms with Gasteiger partial charge in [-0.25, -0.2) is 4.79 Å². The van der Waals surface area contributed by atoms with Crippen molar-refractivity contribution >= 4 is 5.97 Å². The van der Waals surface area contributed by atoms with E-state index >= 15 is 0 Å². The zero-order valence-corrected chi connectivity index (χ0v) is 30.6. The summed E-state index contributed by atoms with van der Waals surface area (Å²) in [6.07, 6.45) is 0.477. The van der Waals surface area contributed by atoms with E-state index in [1.54, 1.807) is 0 Å². The number of ether oxygens (including phenoxy) is 5. The van der Waals surface area contributed by atoms with Gasteiger partial charge < -0.3 is 23.7 Å². The molecule has 0 aliphatic rings. The van der Waals surface area contributed by atoms with Crippen LogP contribution in [0.3, 0.4) is 0 Å². The fourth-order valence-corrected chi connectivity index (χ4v) is 6.43. The Balaban J connectivity index is 1.12. The van der Waals surface area contributed by atoms with Crippen LogP contribution in [0.5, 0.6) is 23.0 Å². The average molecular weight is 705 g/mol. The normalized spacial score (nSPS) is 11.3. The third-order valence-electron chi connectivity index (χ3n) is 8.90. The van der Waals surface area contributed by atoms with Gasteiger partial charge in [0.05, 0.1) is 0 Å². The SMILES string of the molecule is C=CC(=O)OC(COc1ccccc1-c1ccccc1)COc1c(C)cc(-c2cc(C)c(OCOc3ccccc3-c3ccccc3)c(C)c2)cc1C. The van der Waals surface area contributed by atoms with Crippen molar-refractivity contribution in [3.05, 3.63) is 168 Å². The quantitative estimate of drug-likeness (QED) is 0.0602. The van der Waals surface area contributed by atoms with E-state index in [2.05, 4.69) is 43.0 Å². The van der Waals surface area contributed by atoms with E-state index in [4.69, 9.17) is 23.7 Å². The first-order chi connectivity index (χ1) is 25.8. The Morgan fingerprint density at radius 2 is 0.943 bits per heavy atom. The van der Waals surface area contributed by atoms with Gasteiger partial charge in [-0.2, -0.15) is 0 Å². The maximum Gasteiger partial charge on any atom is 0.330 e. The van der Waals surface area contributed by atoms with Crippen molar-refractivity contribution in [3.8, 4) is 56.4 Å². The molecule has 0 bridgehead atoms. The molecule has 0 saturated carbocycles. The number of para-hydroxylation sites is 2. The molecule has 0 amide bonds. The second kappa shape index (κ2) is 17.3. The van der Waals surface area contributed by atoms with Gasteiger partial charge in [-0.3, -0.25) is 0 Å². The molecule has 268 valence electrons. The molecule has 0 N–H and O–H groups in total. The van der Waals surface area contributed by atoms with E-state index < -0.39 is 12.1 Å². The molecule has 0 aliphatic carbocycles. The monoisotopic (exact) mass is 704 g/mol. The number of esters is 1. The van der Waals surface area contributed by atoms with E-state index in [-0.39, 0.29) is 20.0 Å². The molecule has 53 heavy (non-hydrogen) atoms. The molecule has 1 atom stereocenters. The smallest absolute Gasteiger partial charge is 0.330 e. The lowest BCUT2D eigenvalue weighted by molar-refractivity contribution is -0.146. The van der Waals surface area contributed by atoms with E-state index in [1.165, 1.54) is 0 Å². The summed E-state index contributed by atoms with van der Waals surface area (Å²) in [6.45, 7) is 12.0. The molecule has 1 unspecified atom stereocenters. The van der Waals surface area contributed by atoms with E-state index in [1.807, 2.05) is 125 Å². The number of benzene rings is 6. The molecule has 6 aromatic rings. The molecule has 6 aromatic carbocycles. The second-order valence-corrected chi connectivity index (χ2v) is 12.9. The standard InChI is InChI=1S/C47H44O6/c1-6-45(48)53-40(29-49-43-23-15-13-21-41(43)36-17-9-7-10-18-36)30-50-46-32(2)25-38(26-33(46)3)39-27-34(4)47(35(5)28-39)52-31-51-44-24-16-14-22-42(44)37-19-11-8-12-20-37/h6-28,40H,1,29-31H2,2-5H3. The summed E-state index contributed by atoms with van der Waals surface area (Å²) in [5.74, 6) is 2.46. The van der Waals surface area contributed by atoms with Crippen LogP contribution in [-0.2, 0) is 9.53 Å². The Bertz CT molecular complexity index is 2130. The van der Waals surface area contributed by atoms with Crippen LogP contribution in [0.25, 0.3) is 33.4 Å². The molecule has 0 spiro atoms. The fraction of sp³-hybridized carbons (Fsp3) is 0.170. The van der Waals surface area contributed by atoms with Crippen LogP contribution in [0.15, 0.2) is 146 Å². The van der Waals surface area contributed by atoms with Gasteiger partial charge in [-0.1, -0.05) is 104 Å². The highest BCUT2D eigenvalue weighted by molar-refractivity contribution is 5.81. The lowest BCUT2D eigenvalue weighted by Crippen LogP contribution is -2.31. The van der Waals surface area contributed by atoms with Crippen LogP contribution in [0.4, 0.5) is 0 Å². The van der Waals surface area contributed by atoms with Gasteiger partial charge in [0, 0.05) is 17.2 Å². The largest absolute Gasteiger partial charge is 0.489 e. The first kappa shape index (κ1) is 36.5. The molecule has 0 fully saturated rings. The lowest BCUT2D eigenvalue weighted by Gasteiger charge is -2.21. The molecule has 0 saturated heterocycles. The zero-order valence-electron chi connectivity index (χ0n) is 30.6. The molecule has 0 aromatic heterocycles. The number of hydrogen-bond donors (Lipinski definition) is 0. The van der Waals surface area contributed by atoms with Crippen LogP contribution < -0.4 is 18.9 Å². The highest BCUT2D eigenvalue weighted by atomic mass is 16.7. The molecule has 6 rings (SSSR count). The van der Waals surface area contributed by atoms with Crippen LogP contribution in [0.1, 0.15) is 22.3 Å². The van der Waals surface area contributed by atoms with Gasteiger partial charge in [0.1, 0.15) is 36.2 Å². The van der Waals surface area contributed by atoms with Crippen molar-refractivity contribution in [2.75, 3.05) is 20.0 Å². The van der Waals surface area contributed by atoms with Crippen LogP contribution in [0, 0.1) is 27.7 Å². The van der Waals surface area contributed by atoms with Gasteiger partial charge >= 0.3 is 5.97 Å². The molecule has 6 heteroatoms. The Morgan fingerprint density at radius 1 is 0.528 bits per heavy atom. The van der Waals surface area contributed by atoms with Crippen molar-refractivity contribution in [1.29, 1.82) is 0 Å². The summed E-state index contributed by atoms with van der Waals surface area (Å²) in [7, 11) is 0. The summed E-state index contributed by atoms with van der Waals surface area (Å²) in [6, 6.07) is 44.4. The summed E-state index contributed by atoms with van der Waals surface area (Å²) >= 11 is 0. The zero-order chi connectivity index (χ0) is 37.2. The molecule has 0 radical (unpaired) electrons. The Kier molecular flexibility index (Phi) is 11.9. The van der Waals surface area contributed by atoms with E-state index in [0.717, 1.165) is 79.0 Å². The highest BCUT2D eigenvalue weighted by Crippen LogP contribution is 2.36. The van der Waals surface area contributed by atoms with Crippen molar-refractivity contribution in [2.24, 2.45) is 0 Å². The predicted octanol–water partition coefficient (Wildman–Crippen LogP) is 10.9. The first-order valence-corrected chi connectivity index (χ1v) is 17.7. The van der Waals surface area contributed by atoms with Gasteiger partial charge in [0.15, 0.2) is 6.10 Å². The topological polar surface area (TPSA) is 63.2 Å². The Hall–Kier alpha value is -6.27. The first-order valence-electron chi connectivity index (χ1n) is 17.7. The van der Waals surface area contributed by atoms with Crippen molar-refractivity contribution in [2.45, 2.75) is 33.8 Å². The van der Waals surface area contributed by atoms with Crippen molar-refractivity contribution in [1.82, 2.24) is 0 Å². The fourth-order valence-electron chi connectivity index (χ4n) is 6.43. The third kappa shape index (κ3) is 9.16. The van der Waals surface area contributed by atoms with E-state index in [9.17, 15) is 4.79 Å². The Labute approximate surface area is 312 Å². The summed E-state index contributed by atoms with van der Waals surface area (Å²) in [4.78, 5) is 12.3. The minimum absolute atomic E-state index is 0.0861. The van der Waals surface area contributed by atoms with Crippen molar-refractivity contribution in [3.63, 3.8) is 0 Å². The summed E-state index contributed by atoms with van der Waals surface area (Å²) in [5.41, 5.74) is 10.2. The molecule has 0 aliphatic heterocycles. The number of rotatable bonds is 15. The summed E-state index contributed by atoms with van der Waals surface area (Å²) in [5, 5.41) is 0. The minimum Gasteiger partial charge on any atom is -0.489 e. The maximum absolute atomic E-state index is 12.3. The van der Waals surface area contributed by atoms with Gasteiger partial charge in [-0.05, 0) is 109 Å². The van der Waals surface area contributed by atoms with Gasteiger partial charge in [0.2, 0.25) is 6.79 Å². The van der Waals surface area contributed by atoms with Gasteiger partial charge in [0.25, 0.3) is 0 Å². The number of hydrogen-bond acceptors (Lipinski definition) is 6. The predicted molar refractivity (Wildman–Crippen MR) is 212 cm³/mol. The average Bonchev–Trinajstić information content (AvgIpc) is 3.18. The lowest BCUT2D eigenvalue weighted by atomic mass is 9.96. The number of carbonyl (C=O) groups is 1. The van der Waals surface area contributed by atoms with Crippen LogP contribution >= 0.6 is 0 Å². The third-order valence-corrected chi connectivity index (χ3v) is 8.90. The maximum atomic E-state index is 12.3. The molecular formula is C47H44O6. The van der Waals surface area contributed by atoms with Crippen LogP contribution in [0.2, 0.25) is 0 Å². The number of carbonyl (C=O) groups excluding carboxylic acids is 1. The Morgan fingerprint density at radius 3 is 1.43 bits per heavy atom. The van der Waals surface area contributed by atoms with Crippen molar-refractivity contribution < 1.29 is 28.5 Å². The minimum atomic E-state index is -0.670. The molecule has 6 nitrogen and oxygen atoms in total. The van der Waals surface area contributed by atoms with Gasteiger partial charge in [-0.15, -0.1) is 0 Å². The molecular weight excluding hydrogens is 661 g/mol. The van der Waals surface area contributed by atoms with E-state index in [0.29, 0.717) is 5.75 Å². The molecule has 0 heterocycles.